The molecule has 7 nitrogen and oxygen atoms in total. The molecule has 1 aliphatic heterocycles. The van der Waals surface area contributed by atoms with Crippen molar-refractivity contribution in [2.75, 3.05) is 47.1 Å². The highest BCUT2D eigenvalue weighted by atomic mass is 35.5. The first-order valence-electron chi connectivity index (χ1n) is 11.8. The van der Waals surface area contributed by atoms with E-state index in [-0.39, 0.29) is 30.4 Å². The number of methoxy groups -OCH3 is 2. The zero-order chi connectivity index (χ0) is 22.9. The highest BCUT2D eigenvalue weighted by molar-refractivity contribution is 6.00. The van der Waals surface area contributed by atoms with Gasteiger partial charge in [0.25, 0.3) is 5.91 Å². The number of benzene rings is 1. The predicted octanol–water partition coefficient (Wildman–Crippen LogP) is 4.12. The second-order valence-electron chi connectivity index (χ2n) is 8.72. The molecular weight excluding hydrogens is 442 g/mol. The van der Waals surface area contributed by atoms with E-state index in [1.165, 1.54) is 0 Å². The van der Waals surface area contributed by atoms with Gasteiger partial charge in [0.2, 0.25) is 0 Å². The number of para-hydroxylation sites is 1. The maximum Gasteiger partial charge on any atom is 0.271 e. The number of hydrogen-bond donors (Lipinski definition) is 1. The predicted molar refractivity (Wildman–Crippen MR) is 135 cm³/mol. The van der Waals surface area contributed by atoms with Crippen LogP contribution in [0.1, 0.15) is 50.0 Å². The number of aryl methyl sites for hydroxylation is 1. The minimum atomic E-state index is 0. The summed E-state index contributed by atoms with van der Waals surface area (Å²) in [6.45, 7) is 8.54. The number of aromatic nitrogens is 1. The summed E-state index contributed by atoms with van der Waals surface area (Å²) in [6.07, 6.45) is 4.00. The zero-order valence-corrected chi connectivity index (χ0v) is 21.3. The van der Waals surface area contributed by atoms with Gasteiger partial charge in [0, 0.05) is 51.4 Å². The van der Waals surface area contributed by atoms with Gasteiger partial charge in [-0.3, -0.25) is 4.79 Å². The summed E-state index contributed by atoms with van der Waals surface area (Å²) in [5, 5.41) is 4.49. The van der Waals surface area contributed by atoms with E-state index in [9.17, 15) is 4.79 Å². The van der Waals surface area contributed by atoms with Crippen LogP contribution < -0.4 is 10.1 Å². The standard InChI is InChI=1S/C25H39N3O4.ClH/c1-19(2)28(21-10-8-12-26-18-21)25(29)22-17-20-9-7-11-23(32-16-15-31-4)24(20)27(22)13-5-6-14-30-3;/h7,9,11,17,19,21,26H,5-6,8,10,12-16,18H2,1-4H3;1H/t21-;/m1./s1. The lowest BCUT2D eigenvalue weighted by atomic mass is 10.0. The van der Waals surface area contributed by atoms with Crippen LogP contribution >= 0.6 is 12.4 Å². The monoisotopic (exact) mass is 481 g/mol. The quantitative estimate of drug-likeness (QED) is 0.462. The number of nitrogens with one attached hydrogen (secondary N) is 1. The highest BCUT2D eigenvalue weighted by Crippen LogP contribution is 2.31. The average Bonchev–Trinajstić information content (AvgIpc) is 3.17. The second kappa shape index (κ2) is 13.8. The van der Waals surface area contributed by atoms with Crippen molar-refractivity contribution in [1.82, 2.24) is 14.8 Å². The van der Waals surface area contributed by atoms with Gasteiger partial charge in [-0.2, -0.15) is 0 Å². The van der Waals surface area contributed by atoms with Crippen LogP contribution in [0.4, 0.5) is 0 Å². The molecule has 1 fully saturated rings. The van der Waals surface area contributed by atoms with Crippen LogP contribution in [-0.2, 0) is 16.0 Å². The SMILES string of the molecule is COCCCCn1c(C(=O)N(C(C)C)[C@@H]2CCCNC2)cc2cccc(OCCOC)c21.Cl. The van der Waals surface area contributed by atoms with E-state index in [0.29, 0.717) is 19.8 Å². The van der Waals surface area contributed by atoms with E-state index in [4.69, 9.17) is 14.2 Å². The molecule has 1 aromatic heterocycles. The largest absolute Gasteiger partial charge is 0.489 e. The maximum atomic E-state index is 13.9. The van der Waals surface area contributed by atoms with Crippen molar-refractivity contribution in [3.05, 3.63) is 30.0 Å². The number of carbonyl (C=O) groups is 1. The smallest absolute Gasteiger partial charge is 0.271 e. The molecule has 0 bridgehead atoms. The summed E-state index contributed by atoms with van der Waals surface area (Å²) in [4.78, 5) is 16.0. The van der Waals surface area contributed by atoms with Crippen LogP contribution in [0.25, 0.3) is 10.9 Å². The number of hydrogen-bond acceptors (Lipinski definition) is 5. The van der Waals surface area contributed by atoms with Crippen LogP contribution in [0.5, 0.6) is 5.75 Å². The van der Waals surface area contributed by atoms with E-state index >= 15 is 0 Å². The Balaban J connectivity index is 0.00000385. The van der Waals surface area contributed by atoms with Crippen molar-refractivity contribution in [1.29, 1.82) is 0 Å². The highest BCUT2D eigenvalue weighted by Gasteiger charge is 2.31. The number of fused-ring (bicyclic) bond motifs is 1. The van der Waals surface area contributed by atoms with Gasteiger partial charge in [0.1, 0.15) is 18.1 Å². The summed E-state index contributed by atoms with van der Waals surface area (Å²) < 4.78 is 18.6. The molecule has 8 heteroatoms. The molecule has 1 amide bonds. The Hall–Kier alpha value is -1.80. The Kier molecular flexibility index (Phi) is 11.5. The lowest BCUT2D eigenvalue weighted by molar-refractivity contribution is 0.0562. The van der Waals surface area contributed by atoms with Crippen molar-refractivity contribution in [2.24, 2.45) is 0 Å². The third kappa shape index (κ3) is 6.85. The van der Waals surface area contributed by atoms with Gasteiger partial charge in [-0.05, 0) is 58.2 Å². The average molecular weight is 482 g/mol. The Bertz CT molecular complexity index is 865. The zero-order valence-electron chi connectivity index (χ0n) is 20.5. The first-order valence-corrected chi connectivity index (χ1v) is 11.8. The maximum absolute atomic E-state index is 13.9. The summed E-state index contributed by atoms with van der Waals surface area (Å²) >= 11 is 0. The van der Waals surface area contributed by atoms with Crippen LogP contribution in [0.2, 0.25) is 0 Å². The summed E-state index contributed by atoms with van der Waals surface area (Å²) in [6, 6.07) is 8.40. The molecule has 1 aromatic carbocycles. The topological polar surface area (TPSA) is 65.0 Å². The van der Waals surface area contributed by atoms with Crippen molar-refractivity contribution in [2.45, 2.75) is 58.2 Å². The van der Waals surface area contributed by atoms with E-state index < -0.39 is 0 Å². The fourth-order valence-electron chi connectivity index (χ4n) is 4.59. The molecule has 1 atom stereocenters. The molecule has 0 radical (unpaired) electrons. The van der Waals surface area contributed by atoms with Crippen LogP contribution in [0.3, 0.4) is 0 Å². The minimum Gasteiger partial charge on any atom is -0.489 e. The Morgan fingerprint density at radius 1 is 1.18 bits per heavy atom. The lowest BCUT2D eigenvalue weighted by Gasteiger charge is -2.37. The van der Waals surface area contributed by atoms with Crippen molar-refractivity contribution in [3.63, 3.8) is 0 Å². The molecule has 0 saturated carbocycles. The molecule has 1 aliphatic rings. The number of amides is 1. The van der Waals surface area contributed by atoms with Crippen molar-refractivity contribution >= 4 is 29.2 Å². The third-order valence-corrected chi connectivity index (χ3v) is 6.08. The summed E-state index contributed by atoms with van der Waals surface area (Å²) in [7, 11) is 3.39. The third-order valence-electron chi connectivity index (χ3n) is 6.08. The van der Waals surface area contributed by atoms with Gasteiger partial charge in [-0.15, -0.1) is 12.4 Å². The van der Waals surface area contributed by atoms with E-state index in [1.807, 2.05) is 18.2 Å². The number of rotatable bonds is 12. The van der Waals surface area contributed by atoms with Gasteiger partial charge in [-0.1, -0.05) is 12.1 Å². The van der Waals surface area contributed by atoms with Gasteiger partial charge in [0.05, 0.1) is 12.1 Å². The first kappa shape index (κ1) is 27.4. The molecular formula is C25H40ClN3O4. The normalized spacial score (nSPS) is 16.1. The molecule has 1 saturated heterocycles. The molecule has 3 rings (SSSR count). The van der Waals surface area contributed by atoms with Crippen LogP contribution in [0, 0.1) is 0 Å². The number of nitrogens with zero attached hydrogens (tertiary/aromatic N) is 2. The van der Waals surface area contributed by atoms with E-state index in [1.54, 1.807) is 14.2 Å². The molecule has 2 heterocycles. The molecule has 0 unspecified atom stereocenters. The van der Waals surface area contributed by atoms with Gasteiger partial charge >= 0.3 is 0 Å². The first-order chi connectivity index (χ1) is 15.6. The Morgan fingerprint density at radius 3 is 2.64 bits per heavy atom. The number of piperidine rings is 1. The van der Waals surface area contributed by atoms with Gasteiger partial charge in [-0.25, -0.2) is 0 Å². The number of unbranched alkanes of at least 4 members (excludes halogenated alkanes) is 1. The van der Waals surface area contributed by atoms with E-state index in [0.717, 1.165) is 67.7 Å². The molecule has 1 N–H and O–H groups in total. The van der Waals surface area contributed by atoms with Gasteiger partial charge in [0.15, 0.2) is 0 Å². The fraction of sp³-hybridized carbons (Fsp3) is 0.640. The molecule has 0 aliphatic carbocycles. The number of ether oxygens (including phenoxy) is 3. The lowest BCUT2D eigenvalue weighted by Crippen LogP contribution is -2.52. The summed E-state index contributed by atoms with van der Waals surface area (Å²) in [5.74, 6) is 0.889. The van der Waals surface area contributed by atoms with Crippen LogP contribution in [0.15, 0.2) is 24.3 Å². The fourth-order valence-corrected chi connectivity index (χ4v) is 4.59. The molecule has 186 valence electrons. The summed E-state index contributed by atoms with van der Waals surface area (Å²) in [5.41, 5.74) is 1.72. The minimum absolute atomic E-state index is 0. The van der Waals surface area contributed by atoms with E-state index in [2.05, 4.69) is 34.7 Å². The van der Waals surface area contributed by atoms with Gasteiger partial charge < -0.3 is 29.0 Å². The number of halogens is 1. The molecule has 0 spiro atoms. The van der Waals surface area contributed by atoms with Crippen molar-refractivity contribution in [3.8, 4) is 5.75 Å². The molecule has 33 heavy (non-hydrogen) atoms. The molecule has 2 aromatic rings. The van der Waals surface area contributed by atoms with Crippen LogP contribution in [-0.4, -0.2) is 74.6 Å². The van der Waals surface area contributed by atoms with Crippen molar-refractivity contribution < 1.29 is 19.0 Å². The number of carbonyl (C=O) groups excluding carboxylic acids is 1. The Morgan fingerprint density at radius 2 is 1.97 bits per heavy atom. The second-order valence-corrected chi connectivity index (χ2v) is 8.72. The Labute approximate surface area is 204 Å².